The van der Waals surface area contributed by atoms with E-state index in [2.05, 4.69) is 45.9 Å². The Balaban J connectivity index is 1.20. The normalized spacial score (nSPS) is 21.8. The van der Waals surface area contributed by atoms with Gasteiger partial charge in [-0.15, -0.1) is 0 Å². The number of nitrogens with zero attached hydrogens (tertiary/aromatic N) is 1. The number of rotatable bonds is 9. The second kappa shape index (κ2) is 10.7. The van der Waals surface area contributed by atoms with Crippen LogP contribution >= 0.6 is 0 Å². The largest absolute Gasteiger partial charge is 0.356 e. The van der Waals surface area contributed by atoms with Gasteiger partial charge >= 0.3 is 0 Å². The highest BCUT2D eigenvalue weighted by molar-refractivity contribution is 5.76. The fourth-order valence-electron chi connectivity index (χ4n) is 4.28. The van der Waals surface area contributed by atoms with E-state index < -0.39 is 0 Å². The maximum absolute atomic E-state index is 11.9. The minimum atomic E-state index is 0.214. The Hall–Kier alpha value is -1.39. The third-order valence-electron chi connectivity index (χ3n) is 5.89. The molecule has 2 aliphatic heterocycles. The number of benzene rings is 1. The zero-order valence-corrected chi connectivity index (χ0v) is 16.1. The Labute approximate surface area is 158 Å². The molecule has 4 heteroatoms. The second-order valence-corrected chi connectivity index (χ2v) is 8.03. The summed E-state index contributed by atoms with van der Waals surface area (Å²) in [5, 5.41) is 6.47. The highest BCUT2D eigenvalue weighted by atomic mass is 16.1. The van der Waals surface area contributed by atoms with Crippen molar-refractivity contribution < 1.29 is 4.79 Å². The number of hydrogen-bond acceptors (Lipinski definition) is 3. The third-order valence-corrected chi connectivity index (χ3v) is 5.89. The van der Waals surface area contributed by atoms with Gasteiger partial charge in [0.1, 0.15) is 0 Å². The molecule has 1 aromatic carbocycles. The summed E-state index contributed by atoms with van der Waals surface area (Å²) in [7, 11) is 0. The Morgan fingerprint density at radius 3 is 2.65 bits per heavy atom. The summed E-state index contributed by atoms with van der Waals surface area (Å²) in [6, 6.07) is 11.3. The average Bonchev–Trinajstić information content (AvgIpc) is 3.16. The van der Waals surface area contributed by atoms with Crippen LogP contribution in [0.15, 0.2) is 30.3 Å². The summed E-state index contributed by atoms with van der Waals surface area (Å²) in [6.45, 7) is 5.54. The molecule has 2 fully saturated rings. The van der Waals surface area contributed by atoms with Crippen LogP contribution in [-0.4, -0.2) is 49.6 Å². The van der Waals surface area contributed by atoms with Crippen LogP contribution in [0.4, 0.5) is 0 Å². The molecule has 26 heavy (non-hydrogen) atoms. The molecule has 0 saturated carbocycles. The van der Waals surface area contributed by atoms with Crippen LogP contribution in [-0.2, 0) is 11.2 Å². The summed E-state index contributed by atoms with van der Waals surface area (Å²) in [4.78, 5) is 14.5. The van der Waals surface area contributed by atoms with Gasteiger partial charge in [0, 0.05) is 19.0 Å². The first-order chi connectivity index (χ1) is 12.8. The molecule has 3 rings (SSSR count). The second-order valence-electron chi connectivity index (χ2n) is 8.03. The van der Waals surface area contributed by atoms with E-state index in [0.29, 0.717) is 12.5 Å². The Bertz CT molecular complexity index is 519. The molecule has 0 aromatic heterocycles. The predicted molar refractivity (Wildman–Crippen MR) is 107 cm³/mol. The highest BCUT2D eigenvalue weighted by Crippen LogP contribution is 2.21. The van der Waals surface area contributed by atoms with E-state index in [1.807, 2.05) is 0 Å². The number of piperidine rings is 1. The number of carbonyl (C=O) groups excluding carboxylic acids is 1. The minimum absolute atomic E-state index is 0.214. The number of unbranched alkanes of at least 4 members (excludes halogenated alkanes) is 1. The monoisotopic (exact) mass is 357 g/mol. The molecular weight excluding hydrogens is 322 g/mol. The fraction of sp³-hybridized carbons (Fsp3) is 0.682. The summed E-state index contributed by atoms with van der Waals surface area (Å²) < 4.78 is 0. The van der Waals surface area contributed by atoms with Crippen molar-refractivity contribution in [2.75, 3.05) is 32.7 Å². The number of likely N-dealkylation sites (tertiary alicyclic amines) is 1. The molecule has 0 radical (unpaired) electrons. The van der Waals surface area contributed by atoms with Crippen molar-refractivity contribution in [2.45, 2.75) is 57.4 Å². The molecular formula is C22H35N3O. The van der Waals surface area contributed by atoms with Crippen molar-refractivity contribution in [3.05, 3.63) is 35.9 Å². The fourth-order valence-corrected chi connectivity index (χ4v) is 4.28. The van der Waals surface area contributed by atoms with Crippen molar-refractivity contribution in [1.82, 2.24) is 15.5 Å². The molecule has 0 bridgehead atoms. The van der Waals surface area contributed by atoms with Gasteiger partial charge in [0.05, 0.1) is 0 Å². The summed E-state index contributed by atoms with van der Waals surface area (Å²) in [5.74, 6) is 1.06. The van der Waals surface area contributed by atoms with E-state index in [1.165, 1.54) is 57.3 Å². The topological polar surface area (TPSA) is 44.4 Å². The van der Waals surface area contributed by atoms with Crippen LogP contribution < -0.4 is 10.6 Å². The van der Waals surface area contributed by atoms with Gasteiger partial charge in [0.15, 0.2) is 0 Å². The first-order valence-corrected chi connectivity index (χ1v) is 10.6. The zero-order chi connectivity index (χ0) is 18.0. The van der Waals surface area contributed by atoms with E-state index in [0.717, 1.165) is 31.8 Å². The SMILES string of the molecule is O=C(CC1CCCN1)NCCCCN1CCC(Cc2ccccc2)CC1. The van der Waals surface area contributed by atoms with Crippen LogP contribution in [0.25, 0.3) is 0 Å². The third kappa shape index (κ3) is 6.73. The van der Waals surface area contributed by atoms with Gasteiger partial charge in [-0.2, -0.15) is 0 Å². The van der Waals surface area contributed by atoms with E-state index in [9.17, 15) is 4.79 Å². The molecule has 1 amide bonds. The lowest BCUT2D eigenvalue weighted by Crippen LogP contribution is -2.35. The summed E-state index contributed by atoms with van der Waals surface area (Å²) in [5.41, 5.74) is 1.48. The van der Waals surface area contributed by atoms with E-state index in [1.54, 1.807) is 0 Å². The lowest BCUT2D eigenvalue weighted by molar-refractivity contribution is -0.121. The van der Waals surface area contributed by atoms with Gasteiger partial charge in [-0.3, -0.25) is 4.79 Å². The van der Waals surface area contributed by atoms with Crippen LogP contribution in [0.5, 0.6) is 0 Å². The highest BCUT2D eigenvalue weighted by Gasteiger charge is 2.19. The van der Waals surface area contributed by atoms with Crippen LogP contribution in [0.1, 0.15) is 50.5 Å². The first-order valence-electron chi connectivity index (χ1n) is 10.6. The van der Waals surface area contributed by atoms with E-state index in [4.69, 9.17) is 0 Å². The Kier molecular flexibility index (Phi) is 7.96. The number of hydrogen-bond donors (Lipinski definition) is 2. The molecule has 4 nitrogen and oxygen atoms in total. The van der Waals surface area contributed by atoms with Crippen molar-refractivity contribution in [2.24, 2.45) is 5.92 Å². The maximum Gasteiger partial charge on any atom is 0.221 e. The predicted octanol–water partition coefficient (Wildman–Crippen LogP) is 2.98. The number of amides is 1. The van der Waals surface area contributed by atoms with Crippen molar-refractivity contribution >= 4 is 5.91 Å². The van der Waals surface area contributed by atoms with Gasteiger partial charge < -0.3 is 15.5 Å². The molecule has 2 saturated heterocycles. The minimum Gasteiger partial charge on any atom is -0.356 e. The molecule has 0 aliphatic carbocycles. The first kappa shape index (κ1) is 19.4. The number of carbonyl (C=O) groups is 1. The lowest BCUT2D eigenvalue weighted by Gasteiger charge is -2.32. The quantitative estimate of drug-likeness (QED) is 0.668. The maximum atomic E-state index is 11.9. The molecule has 144 valence electrons. The Morgan fingerprint density at radius 2 is 1.92 bits per heavy atom. The molecule has 0 spiro atoms. The van der Waals surface area contributed by atoms with Gasteiger partial charge in [-0.05, 0) is 82.6 Å². The van der Waals surface area contributed by atoms with E-state index in [-0.39, 0.29) is 5.91 Å². The lowest BCUT2D eigenvalue weighted by atomic mass is 9.90. The van der Waals surface area contributed by atoms with Gasteiger partial charge in [0.2, 0.25) is 5.91 Å². The van der Waals surface area contributed by atoms with Crippen molar-refractivity contribution in [3.8, 4) is 0 Å². The summed E-state index contributed by atoms with van der Waals surface area (Å²) >= 11 is 0. The Morgan fingerprint density at radius 1 is 1.12 bits per heavy atom. The standard InChI is InChI=1S/C22H35N3O/c26-22(18-21-9-6-13-23-21)24-12-4-5-14-25-15-10-20(11-16-25)17-19-7-2-1-3-8-19/h1-3,7-8,20-21,23H,4-6,9-18H2,(H,24,26). The summed E-state index contributed by atoms with van der Waals surface area (Å²) in [6.07, 6.45) is 9.15. The zero-order valence-electron chi connectivity index (χ0n) is 16.1. The molecule has 2 heterocycles. The van der Waals surface area contributed by atoms with Crippen LogP contribution in [0, 0.1) is 5.92 Å². The smallest absolute Gasteiger partial charge is 0.221 e. The van der Waals surface area contributed by atoms with Crippen LogP contribution in [0.3, 0.4) is 0 Å². The van der Waals surface area contributed by atoms with Crippen molar-refractivity contribution in [3.63, 3.8) is 0 Å². The molecule has 1 atom stereocenters. The van der Waals surface area contributed by atoms with Gasteiger partial charge in [0.25, 0.3) is 0 Å². The van der Waals surface area contributed by atoms with Crippen molar-refractivity contribution in [1.29, 1.82) is 0 Å². The number of nitrogens with one attached hydrogen (secondary N) is 2. The van der Waals surface area contributed by atoms with Gasteiger partial charge in [-0.25, -0.2) is 0 Å². The van der Waals surface area contributed by atoms with Gasteiger partial charge in [-0.1, -0.05) is 30.3 Å². The molecule has 2 N–H and O–H groups in total. The average molecular weight is 358 g/mol. The molecule has 1 unspecified atom stereocenters. The molecule has 1 aromatic rings. The van der Waals surface area contributed by atoms with Crippen LogP contribution in [0.2, 0.25) is 0 Å². The van der Waals surface area contributed by atoms with E-state index >= 15 is 0 Å². The molecule has 2 aliphatic rings.